The van der Waals surface area contributed by atoms with Gasteiger partial charge in [0.15, 0.2) is 0 Å². The SMILES string of the molecule is CCCCCCC[CH]c1ccc2ccccc2c1. The summed E-state index contributed by atoms with van der Waals surface area (Å²) in [7, 11) is 0. The van der Waals surface area contributed by atoms with Crippen molar-refractivity contribution in [2.45, 2.75) is 45.4 Å². The predicted octanol–water partition coefficient (Wildman–Crippen LogP) is 5.75. The van der Waals surface area contributed by atoms with E-state index < -0.39 is 0 Å². The average Bonchev–Trinajstić information content (AvgIpc) is 2.42. The number of unbranched alkanes of at least 4 members (excludes halogenated alkanes) is 5. The van der Waals surface area contributed by atoms with Crippen LogP contribution in [-0.2, 0) is 0 Å². The first-order valence-electron chi connectivity index (χ1n) is 7.22. The average molecular weight is 239 g/mol. The molecule has 0 unspecified atom stereocenters. The lowest BCUT2D eigenvalue weighted by molar-refractivity contribution is 0.631. The first-order chi connectivity index (χ1) is 8.90. The molecule has 2 aromatic rings. The van der Waals surface area contributed by atoms with Gasteiger partial charge in [-0.2, -0.15) is 0 Å². The van der Waals surface area contributed by atoms with Gasteiger partial charge in [0.2, 0.25) is 0 Å². The second-order valence-electron chi connectivity index (χ2n) is 5.01. The molecule has 0 spiro atoms. The summed E-state index contributed by atoms with van der Waals surface area (Å²) in [4.78, 5) is 0. The van der Waals surface area contributed by atoms with Crippen LogP contribution < -0.4 is 0 Å². The Morgan fingerprint density at radius 2 is 1.61 bits per heavy atom. The van der Waals surface area contributed by atoms with Gasteiger partial charge in [-0.05, 0) is 29.2 Å². The third-order valence-electron chi connectivity index (χ3n) is 3.46. The van der Waals surface area contributed by atoms with E-state index in [0.29, 0.717) is 0 Å². The maximum Gasteiger partial charge on any atom is -0.00929 e. The van der Waals surface area contributed by atoms with Gasteiger partial charge in [-0.25, -0.2) is 0 Å². The van der Waals surface area contributed by atoms with Crippen LogP contribution in [0.2, 0.25) is 0 Å². The van der Waals surface area contributed by atoms with Crippen LogP contribution in [0.15, 0.2) is 42.5 Å². The molecule has 0 aromatic heterocycles. The molecule has 1 radical (unpaired) electrons. The van der Waals surface area contributed by atoms with Crippen molar-refractivity contribution in [1.29, 1.82) is 0 Å². The molecule has 2 rings (SSSR count). The maximum atomic E-state index is 2.37. The number of rotatable bonds is 7. The Morgan fingerprint density at radius 3 is 2.44 bits per heavy atom. The van der Waals surface area contributed by atoms with Gasteiger partial charge in [0, 0.05) is 0 Å². The summed E-state index contributed by atoms with van der Waals surface area (Å²) in [6.07, 6.45) is 10.4. The smallest absolute Gasteiger partial charge is 0.00929 e. The topological polar surface area (TPSA) is 0 Å². The largest absolute Gasteiger partial charge is 0.0654 e. The third-order valence-corrected chi connectivity index (χ3v) is 3.46. The van der Waals surface area contributed by atoms with Gasteiger partial charge < -0.3 is 0 Å². The molecule has 0 aliphatic rings. The van der Waals surface area contributed by atoms with Crippen LogP contribution in [0.1, 0.15) is 51.0 Å². The van der Waals surface area contributed by atoms with Crippen LogP contribution >= 0.6 is 0 Å². The van der Waals surface area contributed by atoms with Crippen molar-refractivity contribution in [3.63, 3.8) is 0 Å². The van der Waals surface area contributed by atoms with E-state index in [1.807, 2.05) is 0 Å². The van der Waals surface area contributed by atoms with Crippen LogP contribution in [0, 0.1) is 6.42 Å². The normalized spacial score (nSPS) is 10.9. The second kappa shape index (κ2) is 7.20. The molecule has 0 heterocycles. The predicted molar refractivity (Wildman–Crippen MR) is 80.7 cm³/mol. The van der Waals surface area contributed by atoms with E-state index in [0.717, 1.165) is 0 Å². The number of hydrogen-bond acceptors (Lipinski definition) is 0. The van der Waals surface area contributed by atoms with Crippen LogP contribution in [0.5, 0.6) is 0 Å². The van der Waals surface area contributed by atoms with E-state index in [9.17, 15) is 0 Å². The summed E-state index contributed by atoms with van der Waals surface area (Å²) < 4.78 is 0. The summed E-state index contributed by atoms with van der Waals surface area (Å²) in [5.41, 5.74) is 1.36. The first kappa shape index (κ1) is 13.1. The summed E-state index contributed by atoms with van der Waals surface area (Å²) in [6, 6.07) is 15.3. The molecule has 0 heteroatoms. The van der Waals surface area contributed by atoms with E-state index in [1.165, 1.54) is 54.9 Å². The highest BCUT2D eigenvalue weighted by Gasteiger charge is 1.97. The zero-order chi connectivity index (χ0) is 12.6. The van der Waals surface area contributed by atoms with E-state index >= 15 is 0 Å². The quantitative estimate of drug-likeness (QED) is 0.539. The van der Waals surface area contributed by atoms with Gasteiger partial charge in [0.1, 0.15) is 0 Å². The first-order valence-corrected chi connectivity index (χ1v) is 7.22. The van der Waals surface area contributed by atoms with Crippen molar-refractivity contribution in [2.24, 2.45) is 0 Å². The highest BCUT2D eigenvalue weighted by molar-refractivity contribution is 5.83. The Hall–Kier alpha value is -1.30. The van der Waals surface area contributed by atoms with Crippen molar-refractivity contribution in [2.75, 3.05) is 0 Å². The van der Waals surface area contributed by atoms with Gasteiger partial charge in [0.25, 0.3) is 0 Å². The fourth-order valence-corrected chi connectivity index (χ4v) is 2.35. The van der Waals surface area contributed by atoms with E-state index in [2.05, 4.69) is 55.8 Å². The Morgan fingerprint density at radius 1 is 0.833 bits per heavy atom. The zero-order valence-electron chi connectivity index (χ0n) is 11.4. The lowest BCUT2D eigenvalue weighted by Crippen LogP contribution is -1.84. The lowest BCUT2D eigenvalue weighted by Gasteiger charge is -2.04. The Bertz CT molecular complexity index is 470. The molecule has 18 heavy (non-hydrogen) atoms. The lowest BCUT2D eigenvalue weighted by atomic mass is 10.0. The molecule has 0 saturated carbocycles. The molecule has 95 valence electrons. The van der Waals surface area contributed by atoms with Gasteiger partial charge in [-0.15, -0.1) is 0 Å². The molecule has 0 saturated heterocycles. The van der Waals surface area contributed by atoms with Crippen molar-refractivity contribution in [3.8, 4) is 0 Å². The monoisotopic (exact) mass is 239 g/mol. The summed E-state index contributed by atoms with van der Waals surface area (Å²) in [5, 5.41) is 2.68. The molecule has 0 bridgehead atoms. The fraction of sp³-hybridized carbons (Fsp3) is 0.389. The number of hydrogen-bond donors (Lipinski definition) is 0. The highest BCUT2D eigenvalue weighted by Crippen LogP contribution is 2.18. The fourth-order valence-electron chi connectivity index (χ4n) is 2.35. The molecule has 0 atom stereocenters. The zero-order valence-corrected chi connectivity index (χ0v) is 11.4. The second-order valence-corrected chi connectivity index (χ2v) is 5.01. The molecular formula is C18H23. The van der Waals surface area contributed by atoms with Crippen LogP contribution in [0.4, 0.5) is 0 Å². The van der Waals surface area contributed by atoms with Gasteiger partial charge in [0.05, 0.1) is 0 Å². The van der Waals surface area contributed by atoms with Crippen LogP contribution in [0.25, 0.3) is 10.8 Å². The van der Waals surface area contributed by atoms with Gasteiger partial charge in [-0.3, -0.25) is 0 Å². The Kier molecular flexibility index (Phi) is 5.26. The molecule has 0 aliphatic carbocycles. The highest BCUT2D eigenvalue weighted by atomic mass is 14.0. The van der Waals surface area contributed by atoms with Gasteiger partial charge >= 0.3 is 0 Å². The van der Waals surface area contributed by atoms with Crippen LogP contribution in [0.3, 0.4) is 0 Å². The van der Waals surface area contributed by atoms with E-state index in [4.69, 9.17) is 0 Å². The van der Waals surface area contributed by atoms with E-state index in [-0.39, 0.29) is 0 Å². The molecule has 0 aliphatic heterocycles. The molecule has 0 fully saturated rings. The van der Waals surface area contributed by atoms with E-state index in [1.54, 1.807) is 0 Å². The standard InChI is InChI=1S/C18H23/c1-2-3-4-5-6-7-10-16-13-14-17-11-8-9-12-18(17)15-16/h8-15H,2-7H2,1H3. The molecule has 0 N–H and O–H groups in total. The summed E-state index contributed by atoms with van der Waals surface area (Å²) in [5.74, 6) is 0. The number of fused-ring (bicyclic) bond motifs is 1. The minimum Gasteiger partial charge on any atom is -0.0654 e. The molecular weight excluding hydrogens is 216 g/mol. The van der Waals surface area contributed by atoms with Crippen molar-refractivity contribution < 1.29 is 0 Å². The van der Waals surface area contributed by atoms with Crippen molar-refractivity contribution in [3.05, 3.63) is 54.4 Å². The molecule has 0 nitrogen and oxygen atoms in total. The molecule has 0 amide bonds. The minimum atomic E-state index is 1.21. The number of benzene rings is 2. The van der Waals surface area contributed by atoms with Gasteiger partial charge in [-0.1, -0.05) is 81.5 Å². The van der Waals surface area contributed by atoms with Crippen molar-refractivity contribution >= 4 is 10.8 Å². The molecule has 2 aromatic carbocycles. The van der Waals surface area contributed by atoms with Crippen LogP contribution in [-0.4, -0.2) is 0 Å². The van der Waals surface area contributed by atoms with Crippen molar-refractivity contribution in [1.82, 2.24) is 0 Å². The summed E-state index contributed by atoms with van der Waals surface area (Å²) in [6.45, 7) is 2.27. The minimum absolute atomic E-state index is 1.21. The maximum absolute atomic E-state index is 2.37. The third kappa shape index (κ3) is 3.87. The summed E-state index contributed by atoms with van der Waals surface area (Å²) >= 11 is 0. The Labute approximate surface area is 111 Å². The Balaban J connectivity index is 1.81.